The van der Waals surface area contributed by atoms with Gasteiger partial charge in [0.15, 0.2) is 0 Å². The Morgan fingerprint density at radius 1 is 1.44 bits per heavy atom. The first-order valence-corrected chi connectivity index (χ1v) is 7.18. The van der Waals surface area contributed by atoms with E-state index in [1.165, 1.54) is 11.3 Å². The molecule has 1 aromatic heterocycles. The van der Waals surface area contributed by atoms with Crippen molar-refractivity contribution in [2.45, 2.75) is 33.1 Å². The molecule has 0 aliphatic heterocycles. The standard InChI is InChI=1S/C13H22N2O2S/c1-3-4-7-17-8-5-6-15-13(16)12-9-11(14)10(2)18-12/h9H,3-8,14H2,1-2H3,(H,15,16). The van der Waals surface area contributed by atoms with E-state index in [-0.39, 0.29) is 5.91 Å². The van der Waals surface area contributed by atoms with Crippen LogP contribution in [0.4, 0.5) is 5.69 Å². The molecule has 0 aliphatic carbocycles. The number of hydrogen-bond acceptors (Lipinski definition) is 4. The molecule has 0 aromatic carbocycles. The van der Waals surface area contributed by atoms with Crippen molar-refractivity contribution in [1.29, 1.82) is 0 Å². The summed E-state index contributed by atoms with van der Waals surface area (Å²) in [6, 6.07) is 1.73. The zero-order valence-corrected chi connectivity index (χ0v) is 11.9. The van der Waals surface area contributed by atoms with E-state index in [0.29, 0.717) is 23.7 Å². The molecule has 0 aliphatic rings. The Bertz CT molecular complexity index is 358. The van der Waals surface area contributed by atoms with Gasteiger partial charge in [-0.3, -0.25) is 4.79 Å². The van der Waals surface area contributed by atoms with Crippen molar-refractivity contribution in [3.05, 3.63) is 15.8 Å². The molecule has 3 N–H and O–H groups in total. The highest BCUT2D eigenvalue weighted by molar-refractivity contribution is 7.14. The van der Waals surface area contributed by atoms with E-state index < -0.39 is 0 Å². The second-order valence-electron chi connectivity index (χ2n) is 4.20. The highest BCUT2D eigenvalue weighted by atomic mass is 32.1. The average molecular weight is 270 g/mol. The van der Waals surface area contributed by atoms with Crippen LogP contribution in [0.25, 0.3) is 0 Å². The van der Waals surface area contributed by atoms with Crippen molar-refractivity contribution in [3.8, 4) is 0 Å². The molecule has 5 heteroatoms. The molecule has 18 heavy (non-hydrogen) atoms. The van der Waals surface area contributed by atoms with Gasteiger partial charge in [-0.25, -0.2) is 0 Å². The topological polar surface area (TPSA) is 64.3 Å². The summed E-state index contributed by atoms with van der Waals surface area (Å²) in [6.45, 7) is 6.20. The predicted octanol–water partition coefficient (Wildman–Crippen LogP) is 2.58. The SMILES string of the molecule is CCCCOCCCNC(=O)c1cc(N)c(C)s1. The van der Waals surface area contributed by atoms with Crippen molar-refractivity contribution >= 4 is 22.9 Å². The number of aryl methyl sites for hydroxylation is 1. The number of hydrogen-bond donors (Lipinski definition) is 2. The van der Waals surface area contributed by atoms with Crippen LogP contribution in [0.5, 0.6) is 0 Å². The second kappa shape index (κ2) is 8.11. The summed E-state index contributed by atoms with van der Waals surface area (Å²) in [5.74, 6) is -0.0478. The van der Waals surface area contributed by atoms with Crippen molar-refractivity contribution in [2.24, 2.45) is 0 Å². The minimum atomic E-state index is -0.0478. The highest BCUT2D eigenvalue weighted by Gasteiger charge is 2.09. The normalized spacial score (nSPS) is 10.6. The number of rotatable bonds is 8. The molecule has 1 heterocycles. The Kier molecular flexibility index (Phi) is 6.75. The monoisotopic (exact) mass is 270 g/mol. The Morgan fingerprint density at radius 3 is 2.78 bits per heavy atom. The molecule has 0 bridgehead atoms. The van der Waals surface area contributed by atoms with Gasteiger partial charge in [0.1, 0.15) is 0 Å². The van der Waals surface area contributed by atoms with Gasteiger partial charge in [-0.2, -0.15) is 0 Å². The Balaban J connectivity index is 2.14. The number of thiophene rings is 1. The first kappa shape index (κ1) is 15.0. The molecule has 0 atom stereocenters. The van der Waals surface area contributed by atoms with Crippen LogP contribution in [-0.2, 0) is 4.74 Å². The molecular formula is C13H22N2O2S. The average Bonchev–Trinajstić information content (AvgIpc) is 2.68. The van der Waals surface area contributed by atoms with E-state index in [1.54, 1.807) is 6.07 Å². The van der Waals surface area contributed by atoms with Crippen LogP contribution in [0.1, 0.15) is 40.7 Å². The summed E-state index contributed by atoms with van der Waals surface area (Å²) in [6.07, 6.45) is 3.09. The van der Waals surface area contributed by atoms with Gasteiger partial charge in [-0.1, -0.05) is 13.3 Å². The van der Waals surface area contributed by atoms with Crippen LogP contribution in [0.15, 0.2) is 6.07 Å². The van der Waals surface area contributed by atoms with Gasteiger partial charge >= 0.3 is 0 Å². The van der Waals surface area contributed by atoms with E-state index in [2.05, 4.69) is 12.2 Å². The molecule has 0 radical (unpaired) electrons. The first-order valence-electron chi connectivity index (χ1n) is 6.37. The van der Waals surface area contributed by atoms with Crippen LogP contribution in [-0.4, -0.2) is 25.7 Å². The minimum Gasteiger partial charge on any atom is -0.398 e. The van der Waals surface area contributed by atoms with Gasteiger partial charge in [0, 0.05) is 30.3 Å². The summed E-state index contributed by atoms with van der Waals surface area (Å²) >= 11 is 1.43. The lowest BCUT2D eigenvalue weighted by molar-refractivity contribution is 0.0944. The number of amides is 1. The molecule has 102 valence electrons. The van der Waals surface area contributed by atoms with Crippen molar-refractivity contribution in [2.75, 3.05) is 25.5 Å². The minimum absolute atomic E-state index is 0.0478. The molecule has 1 amide bonds. The number of carbonyl (C=O) groups is 1. The predicted molar refractivity (Wildman–Crippen MR) is 76.1 cm³/mol. The molecule has 0 fully saturated rings. The number of ether oxygens (including phenoxy) is 1. The molecule has 0 saturated carbocycles. The zero-order chi connectivity index (χ0) is 13.4. The Morgan fingerprint density at radius 2 is 2.17 bits per heavy atom. The van der Waals surface area contributed by atoms with Crippen molar-refractivity contribution in [1.82, 2.24) is 5.32 Å². The molecule has 0 spiro atoms. The first-order chi connectivity index (χ1) is 8.65. The van der Waals surface area contributed by atoms with E-state index in [9.17, 15) is 4.79 Å². The van der Waals surface area contributed by atoms with Crippen LogP contribution >= 0.6 is 11.3 Å². The molecule has 4 nitrogen and oxygen atoms in total. The Labute approximate surface area is 113 Å². The fraction of sp³-hybridized carbons (Fsp3) is 0.615. The van der Waals surface area contributed by atoms with Crippen LogP contribution < -0.4 is 11.1 Å². The van der Waals surface area contributed by atoms with E-state index in [0.717, 1.165) is 30.7 Å². The summed E-state index contributed by atoms with van der Waals surface area (Å²) in [5.41, 5.74) is 6.40. The summed E-state index contributed by atoms with van der Waals surface area (Å²) in [7, 11) is 0. The van der Waals surface area contributed by atoms with Gasteiger partial charge in [-0.15, -0.1) is 11.3 Å². The third-order valence-electron chi connectivity index (χ3n) is 2.57. The highest BCUT2D eigenvalue weighted by Crippen LogP contribution is 2.22. The van der Waals surface area contributed by atoms with Gasteiger partial charge in [0.2, 0.25) is 0 Å². The lowest BCUT2D eigenvalue weighted by atomic mass is 10.3. The number of nitrogens with one attached hydrogen (secondary N) is 1. The third kappa shape index (κ3) is 5.06. The number of nitrogens with two attached hydrogens (primary N) is 1. The molecule has 0 unspecified atom stereocenters. The smallest absolute Gasteiger partial charge is 0.261 e. The van der Waals surface area contributed by atoms with Gasteiger partial charge < -0.3 is 15.8 Å². The Hall–Kier alpha value is -1.07. The van der Waals surface area contributed by atoms with Crippen LogP contribution in [0.2, 0.25) is 0 Å². The van der Waals surface area contributed by atoms with Gasteiger partial charge in [0.05, 0.1) is 4.88 Å². The molecule has 1 rings (SSSR count). The summed E-state index contributed by atoms with van der Waals surface area (Å²) in [4.78, 5) is 13.4. The van der Waals surface area contributed by atoms with E-state index in [1.807, 2.05) is 6.92 Å². The lowest BCUT2D eigenvalue weighted by Gasteiger charge is -2.04. The fourth-order valence-electron chi connectivity index (χ4n) is 1.42. The van der Waals surface area contributed by atoms with Crippen LogP contribution in [0, 0.1) is 6.92 Å². The maximum absolute atomic E-state index is 11.7. The largest absolute Gasteiger partial charge is 0.398 e. The quantitative estimate of drug-likeness (QED) is 0.714. The summed E-state index contributed by atoms with van der Waals surface area (Å²) < 4.78 is 5.42. The maximum Gasteiger partial charge on any atom is 0.261 e. The lowest BCUT2D eigenvalue weighted by Crippen LogP contribution is -2.24. The van der Waals surface area contributed by atoms with E-state index >= 15 is 0 Å². The zero-order valence-electron chi connectivity index (χ0n) is 11.1. The number of anilines is 1. The maximum atomic E-state index is 11.7. The van der Waals surface area contributed by atoms with Gasteiger partial charge in [0.25, 0.3) is 5.91 Å². The number of unbranched alkanes of at least 4 members (excludes halogenated alkanes) is 1. The fourth-order valence-corrected chi connectivity index (χ4v) is 2.28. The number of nitrogen functional groups attached to an aromatic ring is 1. The summed E-state index contributed by atoms with van der Waals surface area (Å²) in [5, 5.41) is 2.87. The molecular weight excluding hydrogens is 248 g/mol. The van der Waals surface area contributed by atoms with E-state index in [4.69, 9.17) is 10.5 Å². The molecule has 1 aromatic rings. The third-order valence-corrected chi connectivity index (χ3v) is 3.64. The molecule has 0 saturated heterocycles. The second-order valence-corrected chi connectivity index (χ2v) is 5.45. The number of carbonyl (C=O) groups excluding carboxylic acids is 1. The van der Waals surface area contributed by atoms with Crippen molar-refractivity contribution < 1.29 is 9.53 Å². The van der Waals surface area contributed by atoms with Crippen molar-refractivity contribution in [3.63, 3.8) is 0 Å². The van der Waals surface area contributed by atoms with Gasteiger partial charge in [-0.05, 0) is 25.8 Å². The van der Waals surface area contributed by atoms with Crippen LogP contribution in [0.3, 0.4) is 0 Å².